The first-order valence-corrected chi connectivity index (χ1v) is 9.42. The highest BCUT2D eigenvalue weighted by molar-refractivity contribution is 5.78. The standard InChI is InChI=1S/C20H30N2O5/c1-17-4-6-18(7-5-17)27-16-19(23)22(11-8-20(24)25-2)10-3-9-21-12-14-26-15-13-21/h4-7H,3,8-16H2,1-2H3. The third-order valence-corrected chi connectivity index (χ3v) is 4.56. The molecule has 1 aliphatic rings. The summed E-state index contributed by atoms with van der Waals surface area (Å²) in [5, 5.41) is 0. The maximum Gasteiger partial charge on any atom is 0.307 e. The van der Waals surface area contributed by atoms with E-state index in [4.69, 9.17) is 14.2 Å². The summed E-state index contributed by atoms with van der Waals surface area (Å²) in [7, 11) is 1.35. The van der Waals surface area contributed by atoms with Crippen molar-refractivity contribution in [1.29, 1.82) is 0 Å². The van der Waals surface area contributed by atoms with Crippen LogP contribution in [-0.2, 0) is 19.1 Å². The van der Waals surface area contributed by atoms with Crippen molar-refractivity contribution >= 4 is 11.9 Å². The van der Waals surface area contributed by atoms with Gasteiger partial charge in [-0.05, 0) is 25.5 Å². The summed E-state index contributed by atoms with van der Waals surface area (Å²) in [5.74, 6) is 0.220. The second-order valence-corrected chi connectivity index (χ2v) is 6.62. The van der Waals surface area contributed by atoms with Gasteiger partial charge in [-0.1, -0.05) is 17.7 Å². The summed E-state index contributed by atoms with van der Waals surface area (Å²) in [5.41, 5.74) is 1.14. The zero-order valence-electron chi connectivity index (χ0n) is 16.3. The normalized spacial score (nSPS) is 14.6. The van der Waals surface area contributed by atoms with Crippen LogP contribution in [0.5, 0.6) is 5.75 Å². The lowest BCUT2D eigenvalue weighted by Gasteiger charge is -2.28. The van der Waals surface area contributed by atoms with Crippen LogP contribution in [0.3, 0.4) is 0 Å². The van der Waals surface area contributed by atoms with Gasteiger partial charge in [0.2, 0.25) is 0 Å². The van der Waals surface area contributed by atoms with E-state index >= 15 is 0 Å². The van der Waals surface area contributed by atoms with Gasteiger partial charge >= 0.3 is 5.97 Å². The molecule has 1 fully saturated rings. The molecule has 2 rings (SSSR count). The highest BCUT2D eigenvalue weighted by Crippen LogP contribution is 2.11. The van der Waals surface area contributed by atoms with Crippen molar-refractivity contribution in [2.45, 2.75) is 19.8 Å². The Morgan fingerprint density at radius 2 is 1.85 bits per heavy atom. The fraction of sp³-hybridized carbons (Fsp3) is 0.600. The molecule has 0 atom stereocenters. The van der Waals surface area contributed by atoms with Gasteiger partial charge in [-0.2, -0.15) is 0 Å². The third kappa shape index (κ3) is 7.97. The molecular formula is C20H30N2O5. The van der Waals surface area contributed by atoms with Crippen LogP contribution in [0.1, 0.15) is 18.4 Å². The quantitative estimate of drug-likeness (QED) is 0.575. The molecule has 27 heavy (non-hydrogen) atoms. The smallest absolute Gasteiger partial charge is 0.307 e. The van der Waals surface area contributed by atoms with E-state index in [0.29, 0.717) is 18.8 Å². The van der Waals surface area contributed by atoms with E-state index in [-0.39, 0.29) is 24.9 Å². The van der Waals surface area contributed by atoms with Crippen LogP contribution in [-0.4, -0.2) is 81.3 Å². The Hall–Kier alpha value is -2.12. The molecule has 0 aliphatic carbocycles. The molecule has 0 aromatic heterocycles. The van der Waals surface area contributed by atoms with Gasteiger partial charge in [0.05, 0.1) is 26.7 Å². The number of methoxy groups -OCH3 is 1. The number of rotatable bonds is 10. The molecule has 1 saturated heterocycles. The Morgan fingerprint density at radius 3 is 2.52 bits per heavy atom. The third-order valence-electron chi connectivity index (χ3n) is 4.56. The summed E-state index contributed by atoms with van der Waals surface area (Å²) in [6, 6.07) is 7.58. The SMILES string of the molecule is COC(=O)CCN(CCCN1CCOCC1)C(=O)COc1ccc(C)cc1. The molecule has 0 bridgehead atoms. The number of aryl methyl sites for hydroxylation is 1. The molecule has 0 saturated carbocycles. The molecule has 1 aromatic rings. The molecule has 7 heteroatoms. The second-order valence-electron chi connectivity index (χ2n) is 6.62. The van der Waals surface area contributed by atoms with E-state index in [1.807, 2.05) is 31.2 Å². The number of morpholine rings is 1. The van der Waals surface area contributed by atoms with E-state index in [0.717, 1.165) is 44.8 Å². The molecule has 0 N–H and O–H groups in total. The lowest BCUT2D eigenvalue weighted by molar-refractivity contribution is -0.142. The number of ether oxygens (including phenoxy) is 3. The second kappa shape index (κ2) is 11.6. The van der Waals surface area contributed by atoms with Crippen LogP contribution in [0.2, 0.25) is 0 Å². The molecule has 0 unspecified atom stereocenters. The molecule has 0 spiro atoms. The number of carbonyl (C=O) groups is 2. The molecule has 1 aromatic carbocycles. The first kappa shape index (κ1) is 21.2. The maximum absolute atomic E-state index is 12.6. The fourth-order valence-electron chi connectivity index (χ4n) is 2.87. The van der Waals surface area contributed by atoms with E-state index in [1.54, 1.807) is 4.90 Å². The molecule has 1 aliphatic heterocycles. The van der Waals surface area contributed by atoms with Crippen molar-refractivity contribution in [3.05, 3.63) is 29.8 Å². The average Bonchev–Trinajstić information content (AvgIpc) is 2.70. The van der Waals surface area contributed by atoms with E-state index in [1.165, 1.54) is 7.11 Å². The molecular weight excluding hydrogens is 348 g/mol. The number of amides is 1. The Kier molecular flexibility index (Phi) is 9.07. The topological polar surface area (TPSA) is 68.3 Å². The molecule has 0 radical (unpaired) electrons. The van der Waals surface area contributed by atoms with Crippen molar-refractivity contribution in [3.63, 3.8) is 0 Å². The summed E-state index contributed by atoms with van der Waals surface area (Å²) >= 11 is 0. The summed E-state index contributed by atoms with van der Waals surface area (Å²) in [6.07, 6.45) is 1.03. The number of benzene rings is 1. The van der Waals surface area contributed by atoms with Crippen molar-refractivity contribution < 1.29 is 23.8 Å². The highest BCUT2D eigenvalue weighted by atomic mass is 16.5. The fourth-order valence-corrected chi connectivity index (χ4v) is 2.87. The van der Waals surface area contributed by atoms with Crippen LogP contribution in [0.15, 0.2) is 24.3 Å². The molecule has 150 valence electrons. The van der Waals surface area contributed by atoms with Crippen molar-refractivity contribution in [2.75, 3.05) is 59.7 Å². The summed E-state index contributed by atoms with van der Waals surface area (Å²) in [4.78, 5) is 28.1. The highest BCUT2D eigenvalue weighted by Gasteiger charge is 2.17. The minimum absolute atomic E-state index is 0.0399. The van der Waals surface area contributed by atoms with Crippen LogP contribution >= 0.6 is 0 Å². The van der Waals surface area contributed by atoms with E-state index < -0.39 is 0 Å². The number of nitrogens with zero attached hydrogens (tertiary/aromatic N) is 2. The lowest BCUT2D eigenvalue weighted by Crippen LogP contribution is -2.41. The number of hydrogen-bond acceptors (Lipinski definition) is 6. The zero-order chi connectivity index (χ0) is 19.5. The van der Waals surface area contributed by atoms with Gasteiger partial charge in [-0.15, -0.1) is 0 Å². The number of hydrogen-bond donors (Lipinski definition) is 0. The minimum Gasteiger partial charge on any atom is -0.484 e. The minimum atomic E-state index is -0.319. The van der Waals surface area contributed by atoms with Gasteiger partial charge in [0.25, 0.3) is 5.91 Å². The molecule has 7 nitrogen and oxygen atoms in total. The van der Waals surface area contributed by atoms with Crippen LogP contribution in [0.25, 0.3) is 0 Å². The van der Waals surface area contributed by atoms with Crippen molar-refractivity contribution in [2.24, 2.45) is 0 Å². The van der Waals surface area contributed by atoms with Gasteiger partial charge in [-0.3, -0.25) is 14.5 Å². The van der Waals surface area contributed by atoms with E-state index in [9.17, 15) is 9.59 Å². The molecule has 1 amide bonds. The first-order valence-electron chi connectivity index (χ1n) is 9.42. The Balaban J connectivity index is 1.81. The lowest BCUT2D eigenvalue weighted by atomic mass is 10.2. The predicted octanol–water partition coefficient (Wildman–Crippen LogP) is 1.49. The van der Waals surface area contributed by atoms with Gasteiger partial charge < -0.3 is 19.1 Å². The summed E-state index contributed by atoms with van der Waals surface area (Å²) in [6.45, 7) is 7.16. The largest absolute Gasteiger partial charge is 0.484 e. The summed E-state index contributed by atoms with van der Waals surface area (Å²) < 4.78 is 15.6. The van der Waals surface area contributed by atoms with Gasteiger partial charge in [0, 0.05) is 32.7 Å². The Bertz CT molecular complexity index is 585. The van der Waals surface area contributed by atoms with Gasteiger partial charge in [0.15, 0.2) is 6.61 Å². The maximum atomic E-state index is 12.6. The Morgan fingerprint density at radius 1 is 1.15 bits per heavy atom. The van der Waals surface area contributed by atoms with Crippen molar-refractivity contribution in [1.82, 2.24) is 9.80 Å². The Labute approximate surface area is 161 Å². The average molecular weight is 378 g/mol. The monoisotopic (exact) mass is 378 g/mol. The number of esters is 1. The van der Waals surface area contributed by atoms with Gasteiger partial charge in [0.1, 0.15) is 5.75 Å². The number of carbonyl (C=O) groups excluding carboxylic acids is 2. The zero-order valence-corrected chi connectivity index (χ0v) is 16.3. The molecule has 1 heterocycles. The van der Waals surface area contributed by atoms with Crippen LogP contribution < -0.4 is 4.74 Å². The van der Waals surface area contributed by atoms with Gasteiger partial charge in [-0.25, -0.2) is 0 Å². The van der Waals surface area contributed by atoms with Crippen molar-refractivity contribution in [3.8, 4) is 5.75 Å². The van der Waals surface area contributed by atoms with Crippen LogP contribution in [0.4, 0.5) is 0 Å². The predicted molar refractivity (Wildman–Crippen MR) is 102 cm³/mol. The first-order chi connectivity index (χ1) is 13.1. The van der Waals surface area contributed by atoms with Crippen LogP contribution in [0, 0.1) is 6.92 Å². The van der Waals surface area contributed by atoms with E-state index in [2.05, 4.69) is 4.90 Å².